The minimum atomic E-state index is -0.299. The van der Waals surface area contributed by atoms with Crippen molar-refractivity contribution < 1.29 is 4.79 Å². The van der Waals surface area contributed by atoms with Gasteiger partial charge in [-0.1, -0.05) is 13.8 Å². The van der Waals surface area contributed by atoms with Gasteiger partial charge in [-0.3, -0.25) is 0 Å². The maximum atomic E-state index is 11.8. The average molecular weight is 224 g/mol. The van der Waals surface area contributed by atoms with Gasteiger partial charge in [-0.05, 0) is 31.8 Å². The molecule has 1 saturated heterocycles. The number of hydrogen-bond donors (Lipinski definition) is 2. The zero-order valence-corrected chi connectivity index (χ0v) is 9.99. The minimum absolute atomic E-state index is 0.159. The molecule has 0 aliphatic carbocycles. The molecule has 0 atom stereocenters. The van der Waals surface area contributed by atoms with E-state index < -0.39 is 0 Å². The van der Waals surface area contributed by atoms with Crippen LogP contribution >= 0.6 is 0 Å². The number of nitrogens with two attached hydrogens (primary N) is 1. The number of nitrogens with one attached hydrogen (secondary N) is 1. The second kappa shape index (κ2) is 4.05. The number of nitrogens with zero attached hydrogens (tertiary/aromatic N) is 2. The molecule has 2 aliphatic heterocycles. The molecule has 1 fully saturated rings. The Morgan fingerprint density at radius 3 is 2.69 bits per heavy atom. The van der Waals surface area contributed by atoms with Crippen LogP contribution in [0.3, 0.4) is 0 Å². The van der Waals surface area contributed by atoms with Crippen molar-refractivity contribution in [1.82, 2.24) is 10.2 Å². The topological polar surface area (TPSA) is 70.7 Å². The second-order valence-corrected chi connectivity index (χ2v) is 5.07. The largest absolute Gasteiger partial charge is 0.385 e. The van der Waals surface area contributed by atoms with Gasteiger partial charge in [-0.2, -0.15) is 4.99 Å². The zero-order chi connectivity index (χ0) is 11.8. The fourth-order valence-corrected chi connectivity index (χ4v) is 2.57. The highest BCUT2D eigenvalue weighted by Crippen LogP contribution is 2.32. The number of hydrogen-bond acceptors (Lipinski definition) is 3. The Kier molecular flexibility index (Phi) is 2.88. The zero-order valence-electron chi connectivity index (χ0n) is 9.99. The number of rotatable bonds is 2. The molecule has 5 heteroatoms. The number of amidine groups is 1. The van der Waals surface area contributed by atoms with E-state index in [2.05, 4.69) is 24.2 Å². The van der Waals surface area contributed by atoms with Crippen molar-refractivity contribution in [3.63, 3.8) is 0 Å². The molecule has 0 saturated carbocycles. The normalized spacial score (nSPS) is 24.3. The smallest absolute Gasteiger partial charge is 0.346 e. The first-order valence-corrected chi connectivity index (χ1v) is 5.93. The van der Waals surface area contributed by atoms with Crippen LogP contribution in [0.5, 0.6) is 0 Å². The summed E-state index contributed by atoms with van der Waals surface area (Å²) in [4.78, 5) is 17.7. The fraction of sp³-hybridized carbons (Fsp3) is 0.818. The Morgan fingerprint density at radius 1 is 1.50 bits per heavy atom. The lowest BCUT2D eigenvalue weighted by Crippen LogP contribution is -2.59. The molecule has 2 amide bonds. The Hall–Kier alpha value is -1.10. The molecule has 5 nitrogen and oxygen atoms in total. The lowest BCUT2D eigenvalue weighted by Gasteiger charge is -2.41. The number of urea groups is 1. The summed E-state index contributed by atoms with van der Waals surface area (Å²) < 4.78 is 0. The van der Waals surface area contributed by atoms with Gasteiger partial charge in [-0.25, -0.2) is 4.79 Å². The molecule has 90 valence electrons. The standard InChI is InChI=1S/C11H20N4O/c1-8(2)7-15-10(16)14-9(12)11(15)3-5-13-6-4-11/h8,13H,3-7H2,1-2H3,(H2,12,14,16). The van der Waals surface area contributed by atoms with E-state index >= 15 is 0 Å². The van der Waals surface area contributed by atoms with Crippen LogP contribution in [0.25, 0.3) is 0 Å². The predicted octanol–water partition coefficient (Wildman–Crippen LogP) is 0.557. The highest BCUT2D eigenvalue weighted by atomic mass is 16.2. The Labute approximate surface area is 96.1 Å². The fourth-order valence-electron chi connectivity index (χ4n) is 2.57. The summed E-state index contributed by atoms with van der Waals surface area (Å²) >= 11 is 0. The van der Waals surface area contributed by atoms with Crippen LogP contribution in [-0.4, -0.2) is 41.9 Å². The van der Waals surface area contributed by atoms with Gasteiger partial charge in [0.05, 0.1) is 0 Å². The molecule has 1 spiro atoms. The van der Waals surface area contributed by atoms with Crippen molar-refractivity contribution in [2.75, 3.05) is 19.6 Å². The summed E-state index contributed by atoms with van der Waals surface area (Å²) in [6.45, 7) is 6.76. The SMILES string of the molecule is CC(C)CN1C(=O)N=C(N)C12CCNCC2. The molecule has 2 rings (SSSR count). The van der Waals surface area contributed by atoms with E-state index in [1.54, 1.807) is 0 Å². The van der Waals surface area contributed by atoms with Gasteiger partial charge in [0.1, 0.15) is 11.4 Å². The van der Waals surface area contributed by atoms with E-state index in [4.69, 9.17) is 5.73 Å². The first-order valence-electron chi connectivity index (χ1n) is 5.93. The van der Waals surface area contributed by atoms with Gasteiger partial charge >= 0.3 is 6.03 Å². The van der Waals surface area contributed by atoms with Gasteiger partial charge in [0.2, 0.25) is 0 Å². The summed E-state index contributed by atoms with van der Waals surface area (Å²) in [6.07, 6.45) is 1.75. The number of aliphatic imine (C=N–C) groups is 1. The maximum Gasteiger partial charge on any atom is 0.346 e. The van der Waals surface area contributed by atoms with Crippen LogP contribution in [0.4, 0.5) is 4.79 Å². The van der Waals surface area contributed by atoms with Crippen LogP contribution in [0.2, 0.25) is 0 Å². The number of carbonyl (C=O) groups excluding carboxylic acids is 1. The molecule has 0 aromatic rings. The van der Waals surface area contributed by atoms with E-state index in [-0.39, 0.29) is 11.6 Å². The lowest BCUT2D eigenvalue weighted by molar-refractivity contribution is 0.137. The predicted molar refractivity (Wildman–Crippen MR) is 63.4 cm³/mol. The average Bonchev–Trinajstić information content (AvgIpc) is 2.44. The Bertz CT molecular complexity index is 318. The third-order valence-corrected chi connectivity index (χ3v) is 3.42. The molecule has 16 heavy (non-hydrogen) atoms. The lowest BCUT2D eigenvalue weighted by atomic mass is 9.85. The third-order valence-electron chi connectivity index (χ3n) is 3.42. The molecule has 0 aromatic carbocycles. The monoisotopic (exact) mass is 224 g/mol. The molecule has 0 bridgehead atoms. The van der Waals surface area contributed by atoms with Crippen LogP contribution in [0, 0.1) is 5.92 Å². The second-order valence-electron chi connectivity index (χ2n) is 5.07. The van der Waals surface area contributed by atoms with Gasteiger partial charge in [-0.15, -0.1) is 0 Å². The molecule has 0 unspecified atom stereocenters. The van der Waals surface area contributed by atoms with Crippen molar-refractivity contribution in [1.29, 1.82) is 0 Å². The van der Waals surface area contributed by atoms with Crippen molar-refractivity contribution in [3.05, 3.63) is 0 Å². The van der Waals surface area contributed by atoms with E-state index in [1.165, 1.54) is 0 Å². The van der Waals surface area contributed by atoms with Crippen LogP contribution in [-0.2, 0) is 0 Å². The summed E-state index contributed by atoms with van der Waals surface area (Å²) in [5, 5.41) is 3.30. The molecule has 0 radical (unpaired) electrons. The molecule has 0 aromatic heterocycles. The van der Waals surface area contributed by atoms with Gasteiger partial charge in [0.15, 0.2) is 0 Å². The van der Waals surface area contributed by atoms with Gasteiger partial charge in [0.25, 0.3) is 0 Å². The Morgan fingerprint density at radius 2 is 2.12 bits per heavy atom. The molecular weight excluding hydrogens is 204 g/mol. The number of piperidine rings is 1. The van der Waals surface area contributed by atoms with Crippen molar-refractivity contribution in [2.24, 2.45) is 16.6 Å². The van der Waals surface area contributed by atoms with Crippen molar-refractivity contribution in [3.8, 4) is 0 Å². The van der Waals surface area contributed by atoms with Crippen LogP contribution in [0.1, 0.15) is 26.7 Å². The molecular formula is C11H20N4O. The highest BCUT2D eigenvalue weighted by molar-refractivity contribution is 6.05. The van der Waals surface area contributed by atoms with Gasteiger partial charge < -0.3 is 16.0 Å². The van der Waals surface area contributed by atoms with E-state index in [1.807, 2.05) is 4.90 Å². The quantitative estimate of drug-likeness (QED) is 0.720. The first-order chi connectivity index (χ1) is 7.56. The van der Waals surface area contributed by atoms with Crippen molar-refractivity contribution >= 4 is 11.9 Å². The molecule has 3 N–H and O–H groups in total. The van der Waals surface area contributed by atoms with Gasteiger partial charge in [0, 0.05) is 6.54 Å². The van der Waals surface area contributed by atoms with E-state index in [0.717, 1.165) is 32.5 Å². The molecule has 2 aliphatic rings. The third kappa shape index (κ3) is 1.69. The number of carbonyl (C=O) groups is 1. The first kappa shape index (κ1) is 11.4. The van der Waals surface area contributed by atoms with Crippen LogP contribution in [0.15, 0.2) is 4.99 Å². The minimum Gasteiger partial charge on any atom is -0.385 e. The Balaban J connectivity index is 2.24. The van der Waals surface area contributed by atoms with E-state index in [9.17, 15) is 4.79 Å². The highest BCUT2D eigenvalue weighted by Gasteiger charge is 2.48. The summed E-state index contributed by atoms with van der Waals surface area (Å²) in [7, 11) is 0. The summed E-state index contributed by atoms with van der Waals surface area (Å²) in [5.41, 5.74) is 5.66. The maximum absolute atomic E-state index is 11.8. The van der Waals surface area contributed by atoms with E-state index in [0.29, 0.717) is 11.8 Å². The number of amides is 2. The molecule has 2 heterocycles. The summed E-state index contributed by atoms with van der Waals surface area (Å²) in [6, 6.07) is -0.159. The van der Waals surface area contributed by atoms with Crippen LogP contribution < -0.4 is 11.1 Å². The van der Waals surface area contributed by atoms with Crippen molar-refractivity contribution in [2.45, 2.75) is 32.2 Å². The summed E-state index contributed by atoms with van der Waals surface area (Å²) in [5.74, 6) is 0.955.